The smallest absolute Gasteiger partial charge is 0.322 e. The van der Waals surface area contributed by atoms with Crippen molar-refractivity contribution in [1.82, 2.24) is 0 Å². The summed E-state index contributed by atoms with van der Waals surface area (Å²) in [6, 6.07) is -0.932. The number of hydrogen-bond acceptors (Lipinski definition) is 4. The van der Waals surface area contributed by atoms with E-state index in [0.717, 1.165) is 12.8 Å². The molecule has 0 aromatic carbocycles. The van der Waals surface area contributed by atoms with Crippen LogP contribution in [0.4, 0.5) is 0 Å². The monoisotopic (exact) mass is 217 g/mol. The fraction of sp³-hybridized carbons (Fsp3) is 0.900. The molecular weight excluding hydrogens is 198 g/mol. The van der Waals surface area contributed by atoms with Gasteiger partial charge in [-0.2, -0.15) is 0 Å². The third-order valence-electron chi connectivity index (χ3n) is 2.48. The van der Waals surface area contributed by atoms with Crippen LogP contribution in [0.2, 0.25) is 0 Å². The molecule has 1 aliphatic rings. The summed E-state index contributed by atoms with van der Waals surface area (Å²) in [5, 5.41) is 8.59. The summed E-state index contributed by atoms with van der Waals surface area (Å²) in [5.41, 5.74) is 5.35. The van der Waals surface area contributed by atoms with Gasteiger partial charge in [-0.15, -0.1) is 0 Å². The van der Waals surface area contributed by atoms with Crippen molar-refractivity contribution < 1.29 is 19.4 Å². The molecule has 0 aliphatic carbocycles. The van der Waals surface area contributed by atoms with Crippen molar-refractivity contribution in [2.24, 2.45) is 5.73 Å². The molecule has 0 spiro atoms. The average molecular weight is 217 g/mol. The molecule has 15 heavy (non-hydrogen) atoms. The maximum Gasteiger partial charge on any atom is 0.322 e. The molecule has 1 heterocycles. The summed E-state index contributed by atoms with van der Waals surface area (Å²) in [4.78, 5) is 10.5. The van der Waals surface area contributed by atoms with Gasteiger partial charge in [0, 0.05) is 0 Å². The van der Waals surface area contributed by atoms with E-state index in [2.05, 4.69) is 0 Å². The molecule has 0 aromatic rings. The molecule has 3 N–H and O–H groups in total. The van der Waals surface area contributed by atoms with E-state index in [-0.39, 0.29) is 24.9 Å². The van der Waals surface area contributed by atoms with E-state index in [9.17, 15) is 4.79 Å². The SMILES string of the molecule is CC1CC(OCC(N)C(=O)O)CC(C)O1. The van der Waals surface area contributed by atoms with E-state index in [1.807, 2.05) is 13.8 Å². The first kappa shape index (κ1) is 12.4. The van der Waals surface area contributed by atoms with Crippen molar-refractivity contribution in [2.45, 2.75) is 51.0 Å². The lowest BCUT2D eigenvalue weighted by Gasteiger charge is -2.32. The Bertz CT molecular complexity index is 211. The molecule has 3 atom stereocenters. The number of nitrogens with two attached hydrogens (primary N) is 1. The molecule has 0 bridgehead atoms. The van der Waals surface area contributed by atoms with Crippen LogP contribution in [0.5, 0.6) is 0 Å². The molecule has 0 aromatic heterocycles. The highest BCUT2D eigenvalue weighted by molar-refractivity contribution is 5.73. The number of hydrogen-bond donors (Lipinski definition) is 2. The fourth-order valence-corrected chi connectivity index (χ4v) is 1.79. The first-order chi connectivity index (χ1) is 6.99. The van der Waals surface area contributed by atoms with Crippen LogP contribution in [0.15, 0.2) is 0 Å². The summed E-state index contributed by atoms with van der Waals surface area (Å²) in [7, 11) is 0. The van der Waals surface area contributed by atoms with E-state index < -0.39 is 12.0 Å². The third-order valence-corrected chi connectivity index (χ3v) is 2.48. The lowest BCUT2D eigenvalue weighted by molar-refractivity contribution is -0.142. The van der Waals surface area contributed by atoms with Gasteiger partial charge in [0.05, 0.1) is 24.9 Å². The highest BCUT2D eigenvalue weighted by Crippen LogP contribution is 2.21. The minimum atomic E-state index is -1.02. The normalized spacial score (nSPS) is 33.7. The maximum atomic E-state index is 10.5. The van der Waals surface area contributed by atoms with E-state index in [1.54, 1.807) is 0 Å². The van der Waals surface area contributed by atoms with Gasteiger partial charge < -0.3 is 20.3 Å². The van der Waals surface area contributed by atoms with Crippen LogP contribution < -0.4 is 5.73 Å². The number of carbonyl (C=O) groups is 1. The summed E-state index contributed by atoms with van der Waals surface area (Å²) in [6.07, 6.45) is 2.00. The lowest BCUT2D eigenvalue weighted by Crippen LogP contribution is -2.40. The second-order valence-electron chi connectivity index (χ2n) is 4.13. The van der Waals surface area contributed by atoms with Gasteiger partial charge >= 0.3 is 5.97 Å². The second-order valence-corrected chi connectivity index (χ2v) is 4.13. The number of carboxylic acid groups (broad SMARTS) is 1. The first-order valence-electron chi connectivity index (χ1n) is 5.24. The van der Waals surface area contributed by atoms with E-state index >= 15 is 0 Å². The van der Waals surface area contributed by atoms with Crippen molar-refractivity contribution in [3.63, 3.8) is 0 Å². The molecule has 0 saturated carbocycles. The number of carboxylic acids is 1. The predicted molar refractivity (Wildman–Crippen MR) is 54.6 cm³/mol. The minimum absolute atomic E-state index is 0.0640. The van der Waals surface area contributed by atoms with Gasteiger partial charge in [-0.05, 0) is 26.7 Å². The van der Waals surface area contributed by atoms with E-state index in [1.165, 1.54) is 0 Å². The molecule has 5 nitrogen and oxygen atoms in total. The maximum absolute atomic E-state index is 10.5. The van der Waals surface area contributed by atoms with Gasteiger partial charge in [0.25, 0.3) is 0 Å². The highest BCUT2D eigenvalue weighted by atomic mass is 16.5. The Hall–Kier alpha value is -0.650. The molecule has 0 radical (unpaired) electrons. The van der Waals surface area contributed by atoms with Gasteiger partial charge in [-0.3, -0.25) is 4.79 Å². The zero-order chi connectivity index (χ0) is 11.4. The van der Waals surface area contributed by atoms with Crippen molar-refractivity contribution in [2.75, 3.05) is 6.61 Å². The summed E-state index contributed by atoms with van der Waals surface area (Å²) >= 11 is 0. The second kappa shape index (κ2) is 5.44. The molecule has 88 valence electrons. The fourth-order valence-electron chi connectivity index (χ4n) is 1.79. The highest BCUT2D eigenvalue weighted by Gasteiger charge is 2.26. The van der Waals surface area contributed by atoms with Gasteiger partial charge in [0.2, 0.25) is 0 Å². The Morgan fingerprint density at radius 2 is 2.07 bits per heavy atom. The zero-order valence-corrected chi connectivity index (χ0v) is 9.18. The van der Waals surface area contributed by atoms with E-state index in [4.69, 9.17) is 20.3 Å². The summed E-state index contributed by atoms with van der Waals surface area (Å²) < 4.78 is 11.0. The minimum Gasteiger partial charge on any atom is -0.480 e. The van der Waals surface area contributed by atoms with Crippen molar-refractivity contribution >= 4 is 5.97 Å². The van der Waals surface area contributed by atoms with Crippen molar-refractivity contribution in [1.29, 1.82) is 0 Å². The topological polar surface area (TPSA) is 81.8 Å². The van der Waals surface area contributed by atoms with Crippen LogP contribution in [0.3, 0.4) is 0 Å². The van der Waals surface area contributed by atoms with Gasteiger partial charge in [0.15, 0.2) is 0 Å². The van der Waals surface area contributed by atoms with Gasteiger partial charge in [-0.25, -0.2) is 0 Å². The Labute approximate surface area is 89.5 Å². The molecule has 3 unspecified atom stereocenters. The van der Waals surface area contributed by atoms with Gasteiger partial charge in [-0.1, -0.05) is 0 Å². The largest absolute Gasteiger partial charge is 0.480 e. The standard InChI is InChI=1S/C10H19NO4/c1-6-3-8(4-7(2)15-6)14-5-9(11)10(12)13/h6-9H,3-5,11H2,1-2H3,(H,12,13). The Morgan fingerprint density at radius 3 is 2.53 bits per heavy atom. The predicted octanol–water partition coefficient (Wildman–Crippen LogP) is 0.371. The molecule has 0 amide bonds. The van der Waals surface area contributed by atoms with Crippen LogP contribution >= 0.6 is 0 Å². The Morgan fingerprint density at radius 1 is 1.53 bits per heavy atom. The van der Waals surface area contributed by atoms with Crippen LogP contribution in [-0.4, -0.2) is 42.0 Å². The zero-order valence-electron chi connectivity index (χ0n) is 9.18. The number of rotatable bonds is 4. The van der Waals surface area contributed by atoms with Crippen molar-refractivity contribution in [3.05, 3.63) is 0 Å². The Kier molecular flexibility index (Phi) is 4.50. The van der Waals surface area contributed by atoms with E-state index in [0.29, 0.717) is 0 Å². The molecule has 1 fully saturated rings. The number of ether oxygens (including phenoxy) is 2. The third kappa shape index (κ3) is 4.15. The summed E-state index contributed by atoms with van der Waals surface area (Å²) in [5.74, 6) is -1.02. The molecule has 1 saturated heterocycles. The van der Waals surface area contributed by atoms with Crippen LogP contribution in [-0.2, 0) is 14.3 Å². The van der Waals surface area contributed by atoms with Gasteiger partial charge in [0.1, 0.15) is 6.04 Å². The molecule has 5 heteroatoms. The summed E-state index contributed by atoms with van der Waals surface area (Å²) in [6.45, 7) is 4.05. The average Bonchev–Trinajstić information content (AvgIpc) is 2.12. The van der Waals surface area contributed by atoms with Crippen molar-refractivity contribution in [3.8, 4) is 0 Å². The number of aliphatic carboxylic acids is 1. The molecular formula is C10H19NO4. The first-order valence-corrected chi connectivity index (χ1v) is 5.24. The molecule has 1 rings (SSSR count). The lowest BCUT2D eigenvalue weighted by atomic mass is 10.0. The van der Waals surface area contributed by atoms with Crippen LogP contribution in [0, 0.1) is 0 Å². The van der Waals surface area contributed by atoms with Crippen LogP contribution in [0.1, 0.15) is 26.7 Å². The quantitative estimate of drug-likeness (QED) is 0.711. The Balaban J connectivity index is 2.29. The van der Waals surface area contributed by atoms with Crippen LogP contribution in [0.25, 0.3) is 0 Å². The molecule has 1 aliphatic heterocycles.